The third kappa shape index (κ3) is 5.68. The number of aliphatic hydroxyl groups is 1. The van der Waals surface area contributed by atoms with Gasteiger partial charge in [-0.2, -0.15) is 0 Å². The summed E-state index contributed by atoms with van der Waals surface area (Å²) >= 11 is 0. The largest absolute Gasteiger partial charge is 0.394 e. The zero-order chi connectivity index (χ0) is 14.0. The minimum Gasteiger partial charge on any atom is -0.394 e. The van der Waals surface area contributed by atoms with Crippen LogP contribution in [0.4, 0.5) is 0 Å². The third-order valence-electron chi connectivity index (χ3n) is 4.26. The summed E-state index contributed by atoms with van der Waals surface area (Å²) < 4.78 is 0. The highest BCUT2D eigenvalue weighted by Crippen LogP contribution is 2.18. The standard InChI is InChI=1S/C15H34N2O/c1-6-14(7-2)17(5)12-10-11-15(8-3,13-18)16-9-4/h14,16,18H,6-13H2,1-5H3. The molecular weight excluding hydrogens is 224 g/mol. The van der Waals surface area contributed by atoms with Gasteiger partial charge in [-0.3, -0.25) is 0 Å². The summed E-state index contributed by atoms with van der Waals surface area (Å²) in [6, 6.07) is 0.703. The number of nitrogens with zero attached hydrogens (tertiary/aromatic N) is 1. The molecule has 0 radical (unpaired) electrons. The van der Waals surface area contributed by atoms with Crippen LogP contribution in [0.1, 0.15) is 59.8 Å². The summed E-state index contributed by atoms with van der Waals surface area (Å²) in [5.41, 5.74) is -0.0660. The van der Waals surface area contributed by atoms with Crippen molar-refractivity contribution in [3.8, 4) is 0 Å². The first-order valence-electron chi connectivity index (χ1n) is 7.65. The van der Waals surface area contributed by atoms with Gasteiger partial charge in [-0.05, 0) is 52.2 Å². The van der Waals surface area contributed by atoms with Crippen LogP contribution in [-0.4, -0.2) is 48.3 Å². The summed E-state index contributed by atoms with van der Waals surface area (Å²) in [6.45, 7) is 11.1. The van der Waals surface area contributed by atoms with Gasteiger partial charge in [0, 0.05) is 11.6 Å². The molecule has 0 bridgehead atoms. The molecule has 0 fully saturated rings. The maximum absolute atomic E-state index is 9.60. The van der Waals surface area contributed by atoms with Crippen LogP contribution in [0, 0.1) is 0 Å². The van der Waals surface area contributed by atoms with Crippen molar-refractivity contribution in [2.45, 2.75) is 71.4 Å². The highest BCUT2D eigenvalue weighted by Gasteiger charge is 2.25. The molecule has 0 heterocycles. The van der Waals surface area contributed by atoms with E-state index in [0.29, 0.717) is 6.04 Å². The van der Waals surface area contributed by atoms with E-state index >= 15 is 0 Å². The molecule has 0 rings (SSSR count). The number of rotatable bonds is 11. The molecule has 0 aromatic carbocycles. The molecule has 18 heavy (non-hydrogen) atoms. The second-order valence-electron chi connectivity index (χ2n) is 5.38. The van der Waals surface area contributed by atoms with E-state index in [1.165, 1.54) is 12.8 Å². The Morgan fingerprint density at radius 1 is 1.17 bits per heavy atom. The van der Waals surface area contributed by atoms with Gasteiger partial charge in [0.1, 0.15) is 0 Å². The van der Waals surface area contributed by atoms with Crippen molar-refractivity contribution in [1.29, 1.82) is 0 Å². The van der Waals surface area contributed by atoms with Gasteiger partial charge in [-0.15, -0.1) is 0 Å². The van der Waals surface area contributed by atoms with Crippen molar-refractivity contribution in [3.63, 3.8) is 0 Å². The Morgan fingerprint density at radius 2 is 1.78 bits per heavy atom. The van der Waals surface area contributed by atoms with Crippen LogP contribution in [0.5, 0.6) is 0 Å². The van der Waals surface area contributed by atoms with Crippen molar-refractivity contribution in [2.24, 2.45) is 0 Å². The second kappa shape index (κ2) is 9.76. The smallest absolute Gasteiger partial charge is 0.0613 e. The van der Waals surface area contributed by atoms with Crippen LogP contribution in [0.25, 0.3) is 0 Å². The molecule has 0 aliphatic rings. The Morgan fingerprint density at radius 3 is 2.17 bits per heavy atom. The Labute approximate surface area is 114 Å². The van der Waals surface area contributed by atoms with Crippen molar-refractivity contribution < 1.29 is 5.11 Å². The minimum atomic E-state index is -0.0660. The molecule has 1 atom stereocenters. The lowest BCUT2D eigenvalue weighted by Crippen LogP contribution is -2.48. The first kappa shape index (κ1) is 17.9. The predicted molar refractivity (Wildman–Crippen MR) is 80.0 cm³/mol. The van der Waals surface area contributed by atoms with Gasteiger partial charge in [0.2, 0.25) is 0 Å². The fourth-order valence-corrected chi connectivity index (χ4v) is 2.77. The van der Waals surface area contributed by atoms with Gasteiger partial charge in [0.15, 0.2) is 0 Å². The fraction of sp³-hybridized carbons (Fsp3) is 1.00. The summed E-state index contributed by atoms with van der Waals surface area (Å²) in [6.07, 6.45) is 5.64. The van der Waals surface area contributed by atoms with E-state index in [1.807, 2.05) is 0 Å². The molecule has 2 N–H and O–H groups in total. The Balaban J connectivity index is 4.13. The lowest BCUT2D eigenvalue weighted by molar-refractivity contribution is 0.137. The molecule has 0 aliphatic heterocycles. The highest BCUT2D eigenvalue weighted by molar-refractivity contribution is 4.86. The monoisotopic (exact) mass is 258 g/mol. The summed E-state index contributed by atoms with van der Waals surface area (Å²) in [5.74, 6) is 0. The molecule has 1 unspecified atom stereocenters. The molecule has 0 aromatic heterocycles. The number of hydrogen-bond donors (Lipinski definition) is 2. The Hall–Kier alpha value is -0.120. The number of aliphatic hydroxyl groups excluding tert-OH is 1. The summed E-state index contributed by atoms with van der Waals surface area (Å²) in [4.78, 5) is 2.46. The van der Waals surface area contributed by atoms with E-state index in [-0.39, 0.29) is 12.1 Å². The van der Waals surface area contributed by atoms with Gasteiger partial charge in [-0.1, -0.05) is 27.7 Å². The highest BCUT2D eigenvalue weighted by atomic mass is 16.3. The second-order valence-corrected chi connectivity index (χ2v) is 5.38. The topological polar surface area (TPSA) is 35.5 Å². The molecular formula is C15H34N2O. The maximum Gasteiger partial charge on any atom is 0.0613 e. The van der Waals surface area contributed by atoms with E-state index in [0.717, 1.165) is 32.4 Å². The number of likely N-dealkylation sites (N-methyl/N-ethyl adjacent to an activating group) is 1. The van der Waals surface area contributed by atoms with Gasteiger partial charge in [0.25, 0.3) is 0 Å². The molecule has 0 aromatic rings. The van der Waals surface area contributed by atoms with E-state index < -0.39 is 0 Å². The average molecular weight is 258 g/mol. The van der Waals surface area contributed by atoms with Crippen LogP contribution in [0.3, 0.4) is 0 Å². The Bertz CT molecular complexity index is 189. The first-order valence-corrected chi connectivity index (χ1v) is 7.65. The molecule has 0 spiro atoms. The van der Waals surface area contributed by atoms with E-state index in [2.05, 4.69) is 45.0 Å². The zero-order valence-electron chi connectivity index (χ0n) is 13.1. The molecule has 0 saturated carbocycles. The summed E-state index contributed by atoms with van der Waals surface area (Å²) in [7, 11) is 2.22. The van der Waals surface area contributed by atoms with Crippen LogP contribution >= 0.6 is 0 Å². The molecule has 0 saturated heterocycles. The van der Waals surface area contributed by atoms with Crippen molar-refractivity contribution in [1.82, 2.24) is 10.2 Å². The lowest BCUT2D eigenvalue weighted by Gasteiger charge is -2.33. The van der Waals surface area contributed by atoms with Crippen LogP contribution < -0.4 is 5.32 Å². The van der Waals surface area contributed by atoms with E-state index in [4.69, 9.17) is 0 Å². The molecule has 110 valence electrons. The average Bonchev–Trinajstić information content (AvgIpc) is 2.39. The third-order valence-corrected chi connectivity index (χ3v) is 4.26. The van der Waals surface area contributed by atoms with Crippen LogP contribution in [0.15, 0.2) is 0 Å². The molecule has 3 heteroatoms. The molecule has 0 amide bonds. The minimum absolute atomic E-state index is 0.0660. The maximum atomic E-state index is 9.60. The Kier molecular flexibility index (Phi) is 9.70. The van der Waals surface area contributed by atoms with Crippen LogP contribution in [-0.2, 0) is 0 Å². The first-order chi connectivity index (χ1) is 8.59. The lowest BCUT2D eigenvalue weighted by atomic mass is 9.91. The van der Waals surface area contributed by atoms with Crippen molar-refractivity contribution >= 4 is 0 Å². The zero-order valence-corrected chi connectivity index (χ0v) is 13.1. The van der Waals surface area contributed by atoms with E-state index in [9.17, 15) is 5.11 Å². The van der Waals surface area contributed by atoms with Gasteiger partial charge in [-0.25, -0.2) is 0 Å². The fourth-order valence-electron chi connectivity index (χ4n) is 2.77. The van der Waals surface area contributed by atoms with Gasteiger partial charge in [0.05, 0.1) is 6.61 Å². The van der Waals surface area contributed by atoms with Gasteiger partial charge >= 0.3 is 0 Å². The van der Waals surface area contributed by atoms with Crippen LogP contribution in [0.2, 0.25) is 0 Å². The number of hydrogen-bond acceptors (Lipinski definition) is 3. The normalized spacial score (nSPS) is 15.3. The number of nitrogens with one attached hydrogen (secondary N) is 1. The quantitative estimate of drug-likeness (QED) is 0.598. The summed E-state index contributed by atoms with van der Waals surface area (Å²) in [5, 5.41) is 13.1. The van der Waals surface area contributed by atoms with Crippen molar-refractivity contribution in [3.05, 3.63) is 0 Å². The molecule has 3 nitrogen and oxygen atoms in total. The molecule has 0 aliphatic carbocycles. The van der Waals surface area contributed by atoms with E-state index in [1.54, 1.807) is 0 Å². The predicted octanol–water partition coefficient (Wildman–Crippen LogP) is 2.64. The SMILES string of the molecule is CCNC(CC)(CO)CCCN(C)C(CC)CC. The van der Waals surface area contributed by atoms with Crippen molar-refractivity contribution in [2.75, 3.05) is 26.7 Å². The van der Waals surface area contributed by atoms with Gasteiger partial charge < -0.3 is 15.3 Å².